The molecule has 0 fully saturated rings. The molecule has 2 N–H and O–H groups in total. The number of anilines is 2. The number of hydrogen-bond donors (Lipinski definition) is 2. The van der Waals surface area contributed by atoms with E-state index in [-0.39, 0.29) is 12.0 Å². The van der Waals surface area contributed by atoms with E-state index in [0.717, 1.165) is 0 Å². The zero-order valence-corrected chi connectivity index (χ0v) is 12.9. The molecule has 118 valence electrons. The van der Waals surface area contributed by atoms with Crippen LogP contribution in [0.2, 0.25) is 0 Å². The van der Waals surface area contributed by atoms with Gasteiger partial charge in [0.1, 0.15) is 11.6 Å². The third-order valence-electron chi connectivity index (χ3n) is 2.51. The molecule has 0 radical (unpaired) electrons. The van der Waals surface area contributed by atoms with Crippen LogP contribution >= 0.6 is 0 Å². The van der Waals surface area contributed by atoms with Crippen molar-refractivity contribution in [2.24, 2.45) is 0 Å². The molecular formula is C12H18N8O2. The van der Waals surface area contributed by atoms with Crippen molar-refractivity contribution in [1.29, 1.82) is 0 Å². The summed E-state index contributed by atoms with van der Waals surface area (Å²) in [5.41, 5.74) is 0. The van der Waals surface area contributed by atoms with Crippen LogP contribution in [-0.2, 0) is 0 Å². The smallest absolute Gasteiger partial charge is 0.321 e. The van der Waals surface area contributed by atoms with Gasteiger partial charge in [-0.2, -0.15) is 29.9 Å². The second-order valence-electron chi connectivity index (χ2n) is 4.24. The molecule has 0 bridgehead atoms. The Morgan fingerprint density at radius 2 is 1.09 bits per heavy atom. The maximum Gasteiger partial charge on any atom is 0.321 e. The fraction of sp³-hybridized carbons (Fsp3) is 0.500. The zero-order valence-electron chi connectivity index (χ0n) is 12.9. The molecule has 10 nitrogen and oxygen atoms in total. The van der Waals surface area contributed by atoms with Crippen molar-refractivity contribution in [3.63, 3.8) is 0 Å². The lowest BCUT2D eigenvalue weighted by molar-refractivity contribution is 0.377. The van der Waals surface area contributed by atoms with Crippen LogP contribution in [0.25, 0.3) is 0 Å². The lowest BCUT2D eigenvalue weighted by Gasteiger charge is -2.08. The van der Waals surface area contributed by atoms with E-state index in [2.05, 4.69) is 40.5 Å². The molecule has 0 amide bonds. The topological polar surface area (TPSA) is 120 Å². The minimum absolute atomic E-state index is 0.279. The third kappa shape index (κ3) is 4.36. The van der Waals surface area contributed by atoms with Crippen molar-refractivity contribution in [2.45, 2.75) is 13.8 Å². The molecule has 0 saturated carbocycles. The number of ether oxygens (including phenoxy) is 2. The van der Waals surface area contributed by atoms with Crippen molar-refractivity contribution in [3.05, 3.63) is 11.6 Å². The summed E-state index contributed by atoms with van der Waals surface area (Å²) in [6.45, 7) is 4.68. The SMILES string of the molecule is COc1nc(C)nc(NCCNc2nc(C)nc(OC)n2)n1. The Labute approximate surface area is 127 Å². The fourth-order valence-electron chi connectivity index (χ4n) is 1.60. The summed E-state index contributed by atoms with van der Waals surface area (Å²) >= 11 is 0. The normalized spacial score (nSPS) is 10.2. The van der Waals surface area contributed by atoms with Crippen LogP contribution in [0.4, 0.5) is 11.9 Å². The Morgan fingerprint density at radius 1 is 0.682 bits per heavy atom. The molecule has 0 atom stereocenters. The second kappa shape index (κ2) is 7.29. The highest BCUT2D eigenvalue weighted by molar-refractivity contribution is 5.29. The summed E-state index contributed by atoms with van der Waals surface area (Å²) in [5, 5.41) is 6.13. The number of aryl methyl sites for hydroxylation is 2. The van der Waals surface area contributed by atoms with Gasteiger partial charge in [0, 0.05) is 13.1 Å². The summed E-state index contributed by atoms with van der Waals surface area (Å²) in [5.74, 6) is 2.08. The van der Waals surface area contributed by atoms with Gasteiger partial charge < -0.3 is 20.1 Å². The number of hydrogen-bond acceptors (Lipinski definition) is 10. The Balaban J connectivity index is 1.87. The van der Waals surface area contributed by atoms with Crippen LogP contribution in [0.5, 0.6) is 12.0 Å². The van der Waals surface area contributed by atoms with Gasteiger partial charge in [0.25, 0.3) is 0 Å². The maximum absolute atomic E-state index is 4.99. The molecular weight excluding hydrogens is 288 g/mol. The molecule has 0 spiro atoms. The predicted molar refractivity (Wildman–Crippen MR) is 79.2 cm³/mol. The monoisotopic (exact) mass is 306 g/mol. The molecule has 0 aliphatic carbocycles. The number of methoxy groups -OCH3 is 2. The minimum Gasteiger partial charge on any atom is -0.467 e. The lowest BCUT2D eigenvalue weighted by atomic mass is 10.6. The van der Waals surface area contributed by atoms with Gasteiger partial charge in [-0.3, -0.25) is 0 Å². The van der Waals surface area contributed by atoms with E-state index < -0.39 is 0 Å². The van der Waals surface area contributed by atoms with Gasteiger partial charge >= 0.3 is 12.0 Å². The van der Waals surface area contributed by atoms with E-state index in [1.54, 1.807) is 13.8 Å². The first-order valence-corrected chi connectivity index (χ1v) is 6.62. The number of rotatable bonds is 7. The first kappa shape index (κ1) is 15.6. The summed E-state index contributed by atoms with van der Waals surface area (Å²) in [7, 11) is 3.02. The average Bonchev–Trinajstić information content (AvgIpc) is 2.50. The van der Waals surface area contributed by atoms with E-state index in [9.17, 15) is 0 Å². The highest BCUT2D eigenvalue weighted by atomic mass is 16.5. The standard InChI is InChI=1S/C12H18N8O2/c1-7-15-9(19-11(17-7)21-3)13-5-6-14-10-16-8(2)18-12(20-10)22-4/h5-6H2,1-4H3,(H,13,15,17,19)(H,14,16,18,20). The van der Waals surface area contributed by atoms with Gasteiger partial charge in [0.05, 0.1) is 14.2 Å². The number of nitrogens with zero attached hydrogens (tertiary/aromatic N) is 6. The fourth-order valence-corrected chi connectivity index (χ4v) is 1.60. The molecule has 0 saturated heterocycles. The van der Waals surface area contributed by atoms with Gasteiger partial charge in [0.2, 0.25) is 11.9 Å². The molecule has 0 aromatic carbocycles. The quantitative estimate of drug-likeness (QED) is 0.687. The summed E-state index contributed by atoms with van der Waals surface area (Å²) in [6, 6.07) is 0.557. The molecule has 0 aliphatic heterocycles. The molecule has 10 heteroatoms. The molecule has 2 heterocycles. The molecule has 0 unspecified atom stereocenters. The summed E-state index contributed by atoms with van der Waals surface area (Å²) < 4.78 is 9.98. The van der Waals surface area contributed by atoms with E-state index >= 15 is 0 Å². The highest BCUT2D eigenvalue weighted by Gasteiger charge is 2.05. The van der Waals surface area contributed by atoms with Crippen molar-refractivity contribution in [1.82, 2.24) is 29.9 Å². The highest BCUT2D eigenvalue weighted by Crippen LogP contribution is 2.07. The molecule has 2 aromatic rings. The molecule has 2 aromatic heterocycles. The Bertz CT molecular complexity index is 581. The lowest BCUT2D eigenvalue weighted by Crippen LogP contribution is -2.17. The largest absolute Gasteiger partial charge is 0.467 e. The first-order chi connectivity index (χ1) is 10.6. The summed E-state index contributed by atoms with van der Waals surface area (Å²) in [6.07, 6.45) is 0. The Kier molecular flexibility index (Phi) is 5.17. The molecule has 22 heavy (non-hydrogen) atoms. The third-order valence-corrected chi connectivity index (χ3v) is 2.51. The van der Waals surface area contributed by atoms with E-state index in [1.807, 2.05) is 0 Å². The van der Waals surface area contributed by atoms with E-state index in [4.69, 9.17) is 9.47 Å². The molecule has 0 aliphatic rings. The van der Waals surface area contributed by atoms with Crippen molar-refractivity contribution < 1.29 is 9.47 Å². The minimum atomic E-state index is 0.279. The van der Waals surface area contributed by atoms with Crippen LogP contribution in [-0.4, -0.2) is 57.2 Å². The Hall–Kier alpha value is -2.78. The second-order valence-corrected chi connectivity index (χ2v) is 4.24. The van der Waals surface area contributed by atoms with Crippen LogP contribution < -0.4 is 20.1 Å². The maximum atomic E-state index is 4.99. The Morgan fingerprint density at radius 3 is 1.45 bits per heavy atom. The van der Waals surface area contributed by atoms with E-state index in [0.29, 0.717) is 36.6 Å². The van der Waals surface area contributed by atoms with Crippen molar-refractivity contribution in [3.8, 4) is 12.0 Å². The first-order valence-electron chi connectivity index (χ1n) is 6.62. The van der Waals surface area contributed by atoms with Gasteiger partial charge in [0.15, 0.2) is 0 Å². The van der Waals surface area contributed by atoms with Gasteiger partial charge in [-0.1, -0.05) is 0 Å². The van der Waals surface area contributed by atoms with Gasteiger partial charge in [-0.05, 0) is 13.8 Å². The van der Waals surface area contributed by atoms with Crippen LogP contribution in [0.15, 0.2) is 0 Å². The predicted octanol–water partition coefficient (Wildman–Crippen LogP) is 0.215. The summed E-state index contributed by atoms with van der Waals surface area (Å²) in [4.78, 5) is 24.6. The van der Waals surface area contributed by atoms with E-state index in [1.165, 1.54) is 14.2 Å². The number of nitrogens with one attached hydrogen (secondary N) is 2. The van der Waals surface area contributed by atoms with Crippen molar-refractivity contribution in [2.75, 3.05) is 37.9 Å². The number of aromatic nitrogens is 6. The van der Waals surface area contributed by atoms with Gasteiger partial charge in [-0.15, -0.1) is 0 Å². The van der Waals surface area contributed by atoms with Gasteiger partial charge in [-0.25, -0.2) is 0 Å². The van der Waals surface area contributed by atoms with Crippen LogP contribution in [0, 0.1) is 13.8 Å². The molecule has 2 rings (SSSR count). The van der Waals surface area contributed by atoms with Crippen LogP contribution in [0.1, 0.15) is 11.6 Å². The van der Waals surface area contributed by atoms with Crippen LogP contribution in [0.3, 0.4) is 0 Å². The average molecular weight is 306 g/mol. The van der Waals surface area contributed by atoms with Crippen molar-refractivity contribution >= 4 is 11.9 Å². The zero-order chi connectivity index (χ0) is 15.9.